The van der Waals surface area contributed by atoms with Gasteiger partial charge < -0.3 is 4.57 Å². The highest BCUT2D eigenvalue weighted by atomic mass is 35.5. The van der Waals surface area contributed by atoms with E-state index < -0.39 is 0 Å². The molecule has 0 atom stereocenters. The summed E-state index contributed by atoms with van der Waals surface area (Å²) in [6.45, 7) is 6.70. The monoisotopic (exact) mass is 751 g/mol. The summed E-state index contributed by atoms with van der Waals surface area (Å²) < 4.78 is 5.17. The zero-order chi connectivity index (χ0) is 37.8. The summed E-state index contributed by atoms with van der Waals surface area (Å²) in [5, 5.41) is 9.05. The number of allylic oxidation sites excluding steroid dienone is 6. The Morgan fingerprint density at radius 2 is 1.24 bits per heavy atom. The maximum absolute atomic E-state index is 7.35. The number of nitrogens with zero attached hydrogens (tertiary/aromatic N) is 2. The quantitative estimate of drug-likeness (QED) is 0.0521. The van der Waals surface area contributed by atoms with E-state index in [1.807, 2.05) is 0 Å². The van der Waals surface area contributed by atoms with Crippen LogP contribution in [0.4, 0.5) is 5.69 Å². The van der Waals surface area contributed by atoms with Crippen molar-refractivity contribution in [2.75, 3.05) is 6.54 Å². The largest absolute Gasteiger partial charge is 0.340 e. The molecule has 2 heterocycles. The lowest BCUT2D eigenvalue weighted by Gasteiger charge is -2.16. The molecule has 0 saturated carbocycles. The molecule has 3 heteroatoms. The van der Waals surface area contributed by atoms with Crippen LogP contribution in [0.3, 0.4) is 0 Å². The summed E-state index contributed by atoms with van der Waals surface area (Å²) in [6.07, 6.45) is 33.9. The molecule has 7 rings (SSSR count). The molecule has 0 unspecified atom stereocenters. The van der Waals surface area contributed by atoms with Gasteiger partial charge in [-0.2, -0.15) is 4.58 Å². The fourth-order valence-electron chi connectivity index (χ4n) is 9.29. The van der Waals surface area contributed by atoms with E-state index in [0.717, 1.165) is 37.4 Å². The van der Waals surface area contributed by atoms with Gasteiger partial charge in [-0.25, -0.2) is 0 Å². The lowest BCUT2D eigenvalue weighted by atomic mass is 9.93. The van der Waals surface area contributed by atoms with Crippen molar-refractivity contribution < 1.29 is 4.58 Å². The van der Waals surface area contributed by atoms with Gasteiger partial charge in [0.15, 0.2) is 0 Å². The first-order valence-electron chi connectivity index (χ1n) is 22.1. The van der Waals surface area contributed by atoms with Crippen LogP contribution in [0.5, 0.6) is 0 Å². The number of rotatable bonds is 21. The van der Waals surface area contributed by atoms with Crippen molar-refractivity contribution in [1.29, 1.82) is 0 Å². The molecule has 0 saturated heterocycles. The average Bonchev–Trinajstić information content (AvgIpc) is 3.69. The van der Waals surface area contributed by atoms with Crippen LogP contribution < -0.4 is 5.35 Å². The first kappa shape index (κ1) is 39.4. The third-order valence-corrected chi connectivity index (χ3v) is 12.8. The topological polar surface area (TPSA) is 7.94 Å². The maximum atomic E-state index is 7.35. The van der Waals surface area contributed by atoms with Crippen molar-refractivity contribution in [2.24, 2.45) is 0 Å². The molecule has 2 nitrogen and oxygen atoms in total. The van der Waals surface area contributed by atoms with Crippen LogP contribution >= 0.6 is 11.6 Å². The molecule has 0 amide bonds. The Balaban J connectivity index is 1.14. The summed E-state index contributed by atoms with van der Waals surface area (Å²) in [4.78, 5) is 0. The Labute approximate surface area is 336 Å². The van der Waals surface area contributed by atoms with Gasteiger partial charge in [-0.15, -0.1) is 0 Å². The van der Waals surface area contributed by atoms with Crippen LogP contribution in [0, 0.1) is 0 Å². The Morgan fingerprint density at radius 1 is 0.618 bits per heavy atom. The van der Waals surface area contributed by atoms with Crippen LogP contribution in [-0.4, -0.2) is 21.4 Å². The van der Waals surface area contributed by atoms with Gasteiger partial charge in [0.2, 0.25) is 11.4 Å². The number of hydrogen-bond donors (Lipinski definition) is 0. The van der Waals surface area contributed by atoms with Crippen molar-refractivity contribution in [3.63, 3.8) is 0 Å². The Hall–Kier alpha value is -3.88. The average molecular weight is 753 g/mol. The van der Waals surface area contributed by atoms with Crippen LogP contribution in [-0.2, 0) is 6.54 Å². The van der Waals surface area contributed by atoms with Crippen molar-refractivity contribution in [3.8, 4) is 0 Å². The zero-order valence-corrected chi connectivity index (χ0v) is 34.6. The molecule has 55 heavy (non-hydrogen) atoms. The lowest BCUT2D eigenvalue weighted by Crippen LogP contribution is -2.16. The molecular weight excluding hydrogens is 688 g/mol. The maximum Gasteiger partial charge on any atom is 0.214 e. The summed E-state index contributed by atoms with van der Waals surface area (Å²) in [7, 11) is 0. The standard InChI is InChI=1S/C52H64ClN2/c1-3-5-7-9-11-13-15-17-38-54-46(44-30-20-24-40-26-22-32-48(54)50(40)44)36-34-42-28-19-29-43(52(42)53)35-37-47-45-31-21-25-41-27-23-33-49(51(41)45)55(47)39-18-16-14-12-10-8-6-4-2/h20-27,30-37H,3-19,28-29,38-39H2,1-2H3/q+1. The van der Waals surface area contributed by atoms with Crippen molar-refractivity contribution in [1.82, 2.24) is 4.57 Å². The predicted octanol–water partition coefficient (Wildman–Crippen LogP) is 15.0. The molecule has 1 aliphatic carbocycles. The molecule has 0 N–H and O–H groups in total. The second-order valence-electron chi connectivity index (χ2n) is 16.3. The highest BCUT2D eigenvalue weighted by molar-refractivity contribution is 6.32. The van der Waals surface area contributed by atoms with Crippen molar-refractivity contribution in [3.05, 3.63) is 118 Å². The molecule has 288 valence electrons. The lowest BCUT2D eigenvalue weighted by molar-refractivity contribution is -0.436. The number of hydrogen-bond acceptors (Lipinski definition) is 0. The SMILES string of the molecule is CCCCCCCCCCn1c(=CC=C2CCCC(C=CC3=[N+](CCCCCCCCCC)c4cccc5cccc3c45)=C2Cl)c2cccc3cccc1c32. The van der Waals surface area contributed by atoms with E-state index in [1.165, 1.54) is 169 Å². The minimum absolute atomic E-state index is 0.937. The van der Waals surface area contributed by atoms with Crippen molar-refractivity contribution >= 4 is 61.5 Å². The fraction of sp³-hybridized carbons (Fsp3) is 0.442. The highest BCUT2D eigenvalue weighted by Crippen LogP contribution is 2.37. The summed E-state index contributed by atoms with van der Waals surface area (Å²) >= 11 is 7.35. The van der Waals surface area contributed by atoms with Crippen LogP contribution in [0.15, 0.2) is 107 Å². The molecule has 4 aromatic carbocycles. The minimum atomic E-state index is 0.937. The van der Waals surface area contributed by atoms with Gasteiger partial charge in [0.05, 0.1) is 10.9 Å². The highest BCUT2D eigenvalue weighted by Gasteiger charge is 2.30. The van der Waals surface area contributed by atoms with Gasteiger partial charge in [-0.1, -0.05) is 176 Å². The fourth-order valence-corrected chi connectivity index (χ4v) is 9.60. The zero-order valence-electron chi connectivity index (χ0n) is 33.9. The van der Waals surface area contributed by atoms with E-state index >= 15 is 0 Å². The third kappa shape index (κ3) is 9.23. The number of benzene rings is 4. The molecule has 5 aromatic rings. The van der Waals surface area contributed by atoms with E-state index in [1.54, 1.807) is 0 Å². The number of aryl methyl sites for hydroxylation is 1. The van der Waals surface area contributed by atoms with E-state index in [2.05, 4.69) is 120 Å². The smallest absolute Gasteiger partial charge is 0.214 e. The van der Waals surface area contributed by atoms with Crippen LogP contribution in [0.2, 0.25) is 0 Å². The molecule has 0 fully saturated rings. The molecule has 2 aliphatic rings. The van der Waals surface area contributed by atoms with Crippen molar-refractivity contribution in [2.45, 2.75) is 142 Å². The van der Waals surface area contributed by atoms with E-state index in [-0.39, 0.29) is 0 Å². The minimum Gasteiger partial charge on any atom is -0.340 e. The van der Waals surface area contributed by atoms with Gasteiger partial charge in [0, 0.05) is 51.8 Å². The first-order valence-corrected chi connectivity index (χ1v) is 22.5. The van der Waals surface area contributed by atoms with E-state index in [4.69, 9.17) is 11.6 Å². The first-order chi connectivity index (χ1) is 27.2. The van der Waals surface area contributed by atoms with E-state index in [9.17, 15) is 0 Å². The Kier molecular flexibility index (Phi) is 14.2. The summed E-state index contributed by atoms with van der Waals surface area (Å²) in [5.41, 5.74) is 7.90. The molecule has 1 aromatic heterocycles. The number of aromatic nitrogens is 1. The third-order valence-electron chi connectivity index (χ3n) is 12.3. The van der Waals surface area contributed by atoms with Crippen LogP contribution in [0.25, 0.3) is 38.5 Å². The molecular formula is C52H64ClN2+. The molecule has 0 bridgehead atoms. The normalized spacial score (nSPS) is 15.8. The van der Waals surface area contributed by atoms with Gasteiger partial charge in [-0.05, 0) is 72.2 Å². The van der Waals surface area contributed by atoms with Gasteiger partial charge in [0.25, 0.3) is 0 Å². The Bertz CT molecular complexity index is 2230. The number of unbranched alkanes of at least 4 members (excludes halogenated alkanes) is 14. The van der Waals surface area contributed by atoms with Gasteiger partial charge in [0.1, 0.15) is 6.54 Å². The number of halogens is 1. The Morgan fingerprint density at radius 3 is 1.96 bits per heavy atom. The van der Waals surface area contributed by atoms with Crippen LogP contribution in [0.1, 0.15) is 141 Å². The predicted molar refractivity (Wildman–Crippen MR) is 241 cm³/mol. The van der Waals surface area contributed by atoms with Gasteiger partial charge >= 0.3 is 0 Å². The molecule has 0 radical (unpaired) electrons. The second-order valence-corrected chi connectivity index (χ2v) is 16.6. The molecule has 0 spiro atoms. The van der Waals surface area contributed by atoms with Gasteiger partial charge in [-0.3, -0.25) is 0 Å². The van der Waals surface area contributed by atoms with E-state index in [0.29, 0.717) is 0 Å². The summed E-state index contributed by atoms with van der Waals surface area (Å²) in [6, 6.07) is 27.2. The second kappa shape index (κ2) is 19.8. The molecule has 1 aliphatic heterocycles. The summed E-state index contributed by atoms with van der Waals surface area (Å²) in [5.74, 6) is 0.